The molecule has 1 N–H and O–H groups in total. The fourth-order valence-electron chi connectivity index (χ4n) is 3.22. The minimum Gasteiger partial charge on any atom is -0.495 e. The lowest BCUT2D eigenvalue weighted by atomic mass is 9.73. The lowest BCUT2D eigenvalue weighted by Gasteiger charge is -2.38. The normalized spacial score (nSPS) is 26.4. The molecule has 1 aromatic carbocycles. The van der Waals surface area contributed by atoms with Crippen LogP contribution in [-0.2, 0) is 5.60 Å². The van der Waals surface area contributed by atoms with E-state index in [0.717, 1.165) is 41.5 Å². The number of benzene rings is 1. The smallest absolute Gasteiger partial charge is 0.142 e. The van der Waals surface area contributed by atoms with Gasteiger partial charge >= 0.3 is 0 Å². The quantitative estimate of drug-likeness (QED) is 0.888. The van der Waals surface area contributed by atoms with Crippen molar-refractivity contribution in [3.8, 4) is 11.5 Å². The zero-order chi connectivity index (χ0) is 14.8. The molecule has 0 heterocycles. The number of ether oxygens (including phenoxy) is 2. The summed E-state index contributed by atoms with van der Waals surface area (Å²) in [6.45, 7) is 2.19. The van der Waals surface area contributed by atoms with E-state index >= 15 is 0 Å². The van der Waals surface area contributed by atoms with E-state index in [1.807, 2.05) is 12.1 Å². The first-order valence-electron chi connectivity index (χ1n) is 7.19. The maximum absolute atomic E-state index is 11.1. The number of aliphatic hydroxyl groups is 1. The number of rotatable bonds is 4. The molecule has 2 atom stereocenters. The number of hydrogen-bond donors (Lipinski definition) is 1. The van der Waals surface area contributed by atoms with E-state index in [2.05, 4.69) is 22.9 Å². The Labute approximate surface area is 129 Å². The monoisotopic (exact) mass is 342 g/mol. The van der Waals surface area contributed by atoms with Gasteiger partial charge in [0.05, 0.1) is 19.8 Å². The average molecular weight is 343 g/mol. The van der Waals surface area contributed by atoms with Crippen molar-refractivity contribution in [3.05, 3.63) is 22.2 Å². The number of halogens is 1. The Kier molecular flexibility index (Phi) is 4.97. The maximum atomic E-state index is 11.1. The Morgan fingerprint density at radius 2 is 2.10 bits per heavy atom. The third kappa shape index (κ3) is 2.82. The van der Waals surface area contributed by atoms with Crippen LogP contribution in [0.3, 0.4) is 0 Å². The molecule has 0 saturated heterocycles. The van der Waals surface area contributed by atoms with Gasteiger partial charge in [0.2, 0.25) is 0 Å². The number of methoxy groups -OCH3 is 2. The van der Waals surface area contributed by atoms with Gasteiger partial charge in [0.1, 0.15) is 16.0 Å². The van der Waals surface area contributed by atoms with E-state index < -0.39 is 5.60 Å². The van der Waals surface area contributed by atoms with Crippen molar-refractivity contribution >= 4 is 15.9 Å². The largest absolute Gasteiger partial charge is 0.495 e. The van der Waals surface area contributed by atoms with Crippen molar-refractivity contribution in [2.75, 3.05) is 14.2 Å². The van der Waals surface area contributed by atoms with Crippen molar-refractivity contribution in [1.82, 2.24) is 0 Å². The highest BCUT2D eigenvalue weighted by Gasteiger charge is 2.38. The minimum absolute atomic E-state index is 0.583. The van der Waals surface area contributed by atoms with Gasteiger partial charge in [-0.2, -0.15) is 0 Å². The fourth-order valence-corrected chi connectivity index (χ4v) is 3.89. The van der Waals surface area contributed by atoms with Crippen molar-refractivity contribution in [3.63, 3.8) is 0 Å². The van der Waals surface area contributed by atoms with Crippen LogP contribution >= 0.6 is 15.9 Å². The van der Waals surface area contributed by atoms with Crippen LogP contribution < -0.4 is 9.47 Å². The van der Waals surface area contributed by atoms with Gasteiger partial charge < -0.3 is 14.6 Å². The summed E-state index contributed by atoms with van der Waals surface area (Å²) in [7, 11) is 3.26. The second-order valence-corrected chi connectivity index (χ2v) is 6.36. The summed E-state index contributed by atoms with van der Waals surface area (Å²) < 4.78 is 11.6. The predicted molar refractivity (Wildman–Crippen MR) is 83.4 cm³/mol. The van der Waals surface area contributed by atoms with Crippen LogP contribution in [0.4, 0.5) is 0 Å². The molecule has 2 unspecified atom stereocenters. The molecule has 20 heavy (non-hydrogen) atoms. The SMILES string of the molecule is CCC1CCCC(O)(c2ccc(OC)c(Br)c2OC)C1. The van der Waals surface area contributed by atoms with Crippen molar-refractivity contribution in [1.29, 1.82) is 0 Å². The Balaban J connectivity index is 2.43. The molecule has 4 heteroatoms. The summed E-state index contributed by atoms with van der Waals surface area (Å²) in [5, 5.41) is 11.1. The molecule has 1 aliphatic rings. The first kappa shape index (κ1) is 15.6. The van der Waals surface area contributed by atoms with E-state index in [9.17, 15) is 5.11 Å². The molecule has 1 aromatic rings. The molecule has 112 valence electrons. The van der Waals surface area contributed by atoms with Gasteiger partial charge in [0, 0.05) is 5.56 Å². The molecule has 0 spiro atoms. The van der Waals surface area contributed by atoms with Gasteiger partial charge in [-0.25, -0.2) is 0 Å². The van der Waals surface area contributed by atoms with Crippen LogP contribution in [-0.4, -0.2) is 19.3 Å². The zero-order valence-electron chi connectivity index (χ0n) is 12.4. The van der Waals surface area contributed by atoms with Gasteiger partial charge in [0.15, 0.2) is 0 Å². The summed E-state index contributed by atoms with van der Waals surface area (Å²) in [5.74, 6) is 1.99. The summed E-state index contributed by atoms with van der Waals surface area (Å²) in [6.07, 6.45) is 4.97. The zero-order valence-corrected chi connectivity index (χ0v) is 14.0. The molecular weight excluding hydrogens is 320 g/mol. The van der Waals surface area contributed by atoms with E-state index in [1.54, 1.807) is 14.2 Å². The molecule has 0 aromatic heterocycles. The van der Waals surface area contributed by atoms with Crippen LogP contribution in [0.15, 0.2) is 16.6 Å². The molecule has 0 bridgehead atoms. The van der Waals surface area contributed by atoms with E-state index in [-0.39, 0.29) is 0 Å². The first-order valence-corrected chi connectivity index (χ1v) is 7.98. The molecule has 0 radical (unpaired) electrons. The van der Waals surface area contributed by atoms with Crippen molar-refractivity contribution in [2.45, 2.75) is 44.6 Å². The van der Waals surface area contributed by atoms with Crippen LogP contribution in [0.5, 0.6) is 11.5 Å². The van der Waals surface area contributed by atoms with Crippen molar-refractivity contribution < 1.29 is 14.6 Å². The third-order valence-electron chi connectivity index (χ3n) is 4.39. The molecule has 0 aliphatic heterocycles. The third-order valence-corrected chi connectivity index (χ3v) is 5.14. The van der Waals surface area contributed by atoms with E-state index in [1.165, 1.54) is 6.42 Å². The highest BCUT2D eigenvalue weighted by molar-refractivity contribution is 9.10. The van der Waals surface area contributed by atoms with Crippen LogP contribution in [0.25, 0.3) is 0 Å². The van der Waals surface area contributed by atoms with Gasteiger partial charge in [0.25, 0.3) is 0 Å². The molecule has 0 amide bonds. The van der Waals surface area contributed by atoms with Crippen LogP contribution in [0.1, 0.15) is 44.6 Å². The highest BCUT2D eigenvalue weighted by Crippen LogP contribution is 2.48. The van der Waals surface area contributed by atoms with Crippen molar-refractivity contribution in [2.24, 2.45) is 5.92 Å². The highest BCUT2D eigenvalue weighted by atomic mass is 79.9. The number of hydrogen-bond acceptors (Lipinski definition) is 3. The molecule has 2 rings (SSSR count). The molecule has 1 aliphatic carbocycles. The molecular formula is C16H23BrO3. The summed E-state index contributed by atoms with van der Waals surface area (Å²) in [5.41, 5.74) is 0.0739. The summed E-state index contributed by atoms with van der Waals surface area (Å²) in [4.78, 5) is 0. The molecule has 1 fully saturated rings. The molecule has 3 nitrogen and oxygen atoms in total. The van der Waals surface area contributed by atoms with Gasteiger partial charge in [-0.15, -0.1) is 0 Å². The van der Waals surface area contributed by atoms with E-state index in [4.69, 9.17) is 9.47 Å². The Bertz CT molecular complexity index is 475. The Morgan fingerprint density at radius 3 is 2.70 bits per heavy atom. The minimum atomic E-state index is -0.793. The lowest BCUT2D eigenvalue weighted by molar-refractivity contribution is -0.0235. The average Bonchev–Trinajstić information content (AvgIpc) is 2.46. The second-order valence-electron chi connectivity index (χ2n) is 5.56. The van der Waals surface area contributed by atoms with Crippen LogP contribution in [0.2, 0.25) is 0 Å². The van der Waals surface area contributed by atoms with Gasteiger partial charge in [-0.1, -0.05) is 19.8 Å². The second kappa shape index (κ2) is 6.35. The van der Waals surface area contributed by atoms with Crippen LogP contribution in [0, 0.1) is 5.92 Å². The summed E-state index contributed by atoms with van der Waals surface area (Å²) >= 11 is 3.51. The first-order chi connectivity index (χ1) is 9.55. The lowest BCUT2D eigenvalue weighted by Crippen LogP contribution is -2.33. The predicted octanol–water partition coefficient (Wildman–Crippen LogP) is 4.25. The Hall–Kier alpha value is -0.740. The fraction of sp³-hybridized carbons (Fsp3) is 0.625. The van der Waals surface area contributed by atoms with Gasteiger partial charge in [-0.05, 0) is 53.2 Å². The standard InChI is InChI=1S/C16H23BrO3/c1-4-11-6-5-9-16(18,10-11)12-7-8-13(19-2)14(17)15(12)20-3/h7-8,11,18H,4-6,9-10H2,1-3H3. The summed E-state index contributed by atoms with van der Waals surface area (Å²) in [6, 6.07) is 3.82. The molecule has 1 saturated carbocycles. The van der Waals surface area contributed by atoms with E-state index in [0.29, 0.717) is 11.7 Å². The Morgan fingerprint density at radius 1 is 1.35 bits per heavy atom. The maximum Gasteiger partial charge on any atom is 0.142 e. The topological polar surface area (TPSA) is 38.7 Å². The van der Waals surface area contributed by atoms with Gasteiger partial charge in [-0.3, -0.25) is 0 Å².